The first-order valence-corrected chi connectivity index (χ1v) is 8.99. The predicted octanol–water partition coefficient (Wildman–Crippen LogP) is 1.70. The zero-order chi connectivity index (χ0) is 14.9. The zero-order valence-corrected chi connectivity index (χ0v) is 12.8. The van der Waals surface area contributed by atoms with Crippen molar-refractivity contribution in [2.75, 3.05) is 18.5 Å². The summed E-state index contributed by atoms with van der Waals surface area (Å²) in [5.41, 5.74) is 1.16. The van der Waals surface area contributed by atoms with Crippen LogP contribution in [-0.4, -0.2) is 32.7 Å². The van der Waals surface area contributed by atoms with Crippen LogP contribution in [0, 0.1) is 5.41 Å². The fraction of sp³-hybridized carbons (Fsp3) is 0.600. The molecule has 0 amide bonds. The molecule has 0 aliphatic heterocycles. The Hall–Kier alpha value is -1.11. The van der Waals surface area contributed by atoms with E-state index in [0.29, 0.717) is 4.90 Å². The van der Waals surface area contributed by atoms with E-state index >= 15 is 0 Å². The lowest BCUT2D eigenvalue weighted by Crippen LogP contribution is -2.25. The number of nitrogens with one attached hydrogen (secondary N) is 2. The molecule has 0 spiro atoms. The maximum Gasteiger partial charge on any atom is 0.240 e. The minimum Gasteiger partial charge on any atom is -0.396 e. The third-order valence-electron chi connectivity index (χ3n) is 4.33. The highest BCUT2D eigenvalue weighted by atomic mass is 32.2. The number of anilines is 1. The molecular weight excluding hydrogens is 288 g/mol. The fourth-order valence-corrected chi connectivity index (χ4v) is 3.76. The van der Waals surface area contributed by atoms with Gasteiger partial charge in [0, 0.05) is 24.9 Å². The van der Waals surface area contributed by atoms with E-state index in [1.807, 2.05) is 0 Å². The molecule has 0 heterocycles. The first-order chi connectivity index (χ1) is 10.0. The van der Waals surface area contributed by atoms with Gasteiger partial charge in [0.2, 0.25) is 10.0 Å². The van der Waals surface area contributed by atoms with Gasteiger partial charge in [-0.3, -0.25) is 0 Å². The Morgan fingerprint density at radius 1 is 1.19 bits per heavy atom. The van der Waals surface area contributed by atoms with E-state index in [2.05, 4.69) is 10.0 Å². The Morgan fingerprint density at radius 2 is 1.86 bits per heavy atom. The topological polar surface area (TPSA) is 78.4 Å². The van der Waals surface area contributed by atoms with Gasteiger partial charge in [-0.05, 0) is 61.8 Å². The quantitative estimate of drug-likeness (QED) is 0.683. The molecule has 5 nitrogen and oxygen atoms in total. The second-order valence-electron chi connectivity index (χ2n) is 6.25. The predicted molar refractivity (Wildman–Crippen MR) is 81.6 cm³/mol. The normalized spacial score (nSPS) is 20.2. The van der Waals surface area contributed by atoms with Crippen molar-refractivity contribution in [2.24, 2.45) is 5.41 Å². The summed E-state index contributed by atoms with van der Waals surface area (Å²) in [7, 11) is -3.36. The molecule has 6 heteroatoms. The standard InChI is InChI=1S/C15H22N2O3S/c18-10-9-15(7-8-15)11-16-12-3-5-14(6-4-12)21(19,20)17-13-1-2-13/h3-6,13,16-18H,1-2,7-11H2. The lowest BCUT2D eigenvalue weighted by atomic mass is 10.0. The molecule has 0 atom stereocenters. The van der Waals surface area contributed by atoms with Crippen LogP contribution in [0.1, 0.15) is 32.1 Å². The number of sulfonamides is 1. The fourth-order valence-electron chi connectivity index (χ4n) is 2.46. The van der Waals surface area contributed by atoms with Gasteiger partial charge in [0.05, 0.1) is 4.90 Å². The van der Waals surface area contributed by atoms with E-state index in [1.165, 1.54) is 0 Å². The first kappa shape index (κ1) is 14.8. The van der Waals surface area contributed by atoms with Gasteiger partial charge in [0.25, 0.3) is 0 Å². The maximum absolute atomic E-state index is 12.0. The van der Waals surface area contributed by atoms with Crippen molar-refractivity contribution in [2.45, 2.75) is 43.0 Å². The molecule has 0 radical (unpaired) electrons. The van der Waals surface area contributed by atoms with Gasteiger partial charge in [-0.2, -0.15) is 0 Å². The van der Waals surface area contributed by atoms with Crippen LogP contribution in [0.5, 0.6) is 0 Å². The number of benzene rings is 1. The largest absolute Gasteiger partial charge is 0.396 e. The lowest BCUT2D eigenvalue weighted by molar-refractivity contribution is 0.253. The summed E-state index contributed by atoms with van der Waals surface area (Å²) in [6.07, 6.45) is 5.01. The zero-order valence-electron chi connectivity index (χ0n) is 12.0. The van der Waals surface area contributed by atoms with Crippen molar-refractivity contribution in [3.63, 3.8) is 0 Å². The molecule has 0 saturated heterocycles. The van der Waals surface area contributed by atoms with Crippen LogP contribution < -0.4 is 10.0 Å². The minimum atomic E-state index is -3.36. The van der Waals surface area contributed by atoms with E-state index in [-0.39, 0.29) is 18.1 Å². The van der Waals surface area contributed by atoms with Crippen LogP contribution in [0.4, 0.5) is 5.69 Å². The van der Waals surface area contributed by atoms with Gasteiger partial charge in [-0.15, -0.1) is 0 Å². The van der Waals surface area contributed by atoms with Crippen LogP contribution in [0.2, 0.25) is 0 Å². The van der Waals surface area contributed by atoms with Gasteiger partial charge in [-0.1, -0.05) is 0 Å². The van der Waals surface area contributed by atoms with E-state index in [9.17, 15) is 8.42 Å². The molecule has 2 aliphatic carbocycles. The summed E-state index contributed by atoms with van der Waals surface area (Å²) >= 11 is 0. The smallest absolute Gasteiger partial charge is 0.240 e. The summed E-state index contributed by atoms with van der Waals surface area (Å²) in [4.78, 5) is 0.316. The van der Waals surface area contributed by atoms with E-state index in [4.69, 9.17) is 5.11 Å². The number of hydrogen-bond acceptors (Lipinski definition) is 4. The van der Waals surface area contributed by atoms with Gasteiger partial charge < -0.3 is 10.4 Å². The molecule has 2 fully saturated rings. The SMILES string of the molecule is O=S(=O)(NC1CC1)c1ccc(NCC2(CCO)CC2)cc1. The summed E-state index contributed by atoms with van der Waals surface area (Å²) in [6.45, 7) is 1.06. The van der Waals surface area contributed by atoms with Crippen molar-refractivity contribution < 1.29 is 13.5 Å². The molecule has 3 N–H and O–H groups in total. The highest BCUT2D eigenvalue weighted by Gasteiger charge is 2.41. The Labute approximate surface area is 125 Å². The third kappa shape index (κ3) is 3.75. The van der Waals surface area contributed by atoms with Crippen molar-refractivity contribution in [3.05, 3.63) is 24.3 Å². The second kappa shape index (κ2) is 5.59. The molecule has 2 saturated carbocycles. The van der Waals surface area contributed by atoms with Gasteiger partial charge in [0.1, 0.15) is 0 Å². The first-order valence-electron chi connectivity index (χ1n) is 7.50. The summed E-state index contributed by atoms with van der Waals surface area (Å²) in [5.74, 6) is 0. The lowest BCUT2D eigenvalue weighted by Gasteiger charge is -2.15. The summed E-state index contributed by atoms with van der Waals surface area (Å²) < 4.78 is 26.8. The molecule has 2 aliphatic rings. The van der Waals surface area contributed by atoms with Gasteiger partial charge >= 0.3 is 0 Å². The molecule has 21 heavy (non-hydrogen) atoms. The Morgan fingerprint density at radius 3 is 2.38 bits per heavy atom. The highest BCUT2D eigenvalue weighted by Crippen LogP contribution is 2.48. The summed E-state index contributed by atoms with van der Waals surface area (Å²) in [6, 6.07) is 7.01. The van der Waals surface area contributed by atoms with Crippen LogP contribution in [0.15, 0.2) is 29.2 Å². The molecule has 1 aromatic rings. The second-order valence-corrected chi connectivity index (χ2v) is 7.96. The van der Waals surface area contributed by atoms with Gasteiger partial charge in [-0.25, -0.2) is 13.1 Å². The number of aliphatic hydroxyl groups is 1. The van der Waals surface area contributed by atoms with E-state index in [1.54, 1.807) is 24.3 Å². The molecule has 116 valence electrons. The number of rotatable bonds is 8. The van der Waals surface area contributed by atoms with Crippen LogP contribution in [-0.2, 0) is 10.0 Å². The minimum absolute atomic E-state index is 0.126. The van der Waals surface area contributed by atoms with Crippen molar-refractivity contribution in [1.29, 1.82) is 0 Å². The Bertz CT molecular complexity index is 590. The van der Waals surface area contributed by atoms with Crippen LogP contribution in [0.3, 0.4) is 0 Å². The van der Waals surface area contributed by atoms with Crippen molar-refractivity contribution in [1.82, 2.24) is 4.72 Å². The van der Waals surface area contributed by atoms with Crippen LogP contribution in [0.25, 0.3) is 0 Å². The molecule has 3 rings (SSSR count). The van der Waals surface area contributed by atoms with Crippen molar-refractivity contribution >= 4 is 15.7 Å². The van der Waals surface area contributed by atoms with E-state index in [0.717, 1.165) is 44.3 Å². The highest BCUT2D eigenvalue weighted by molar-refractivity contribution is 7.89. The van der Waals surface area contributed by atoms with Crippen molar-refractivity contribution in [3.8, 4) is 0 Å². The molecule has 1 aromatic carbocycles. The van der Waals surface area contributed by atoms with E-state index < -0.39 is 10.0 Å². The summed E-state index contributed by atoms with van der Waals surface area (Å²) in [5, 5.41) is 12.4. The Kier molecular flexibility index (Phi) is 3.94. The molecule has 0 unspecified atom stereocenters. The Balaban J connectivity index is 1.59. The average molecular weight is 310 g/mol. The average Bonchev–Trinajstić information content (AvgIpc) is 3.36. The third-order valence-corrected chi connectivity index (χ3v) is 5.87. The van der Waals surface area contributed by atoms with Crippen LogP contribution >= 0.6 is 0 Å². The van der Waals surface area contributed by atoms with Gasteiger partial charge in [0.15, 0.2) is 0 Å². The molecule has 0 aromatic heterocycles. The number of hydrogen-bond donors (Lipinski definition) is 3. The number of aliphatic hydroxyl groups excluding tert-OH is 1. The molecule has 0 bridgehead atoms. The molecular formula is C15H22N2O3S. The maximum atomic E-state index is 12.0. The monoisotopic (exact) mass is 310 g/mol.